The molecule has 1 aromatic heterocycles. The van der Waals surface area contributed by atoms with Crippen molar-refractivity contribution in [3.05, 3.63) is 95.5 Å². The van der Waals surface area contributed by atoms with Crippen LogP contribution in [0, 0.1) is 37.2 Å². The van der Waals surface area contributed by atoms with E-state index in [2.05, 4.69) is 0 Å². The van der Waals surface area contributed by atoms with E-state index in [0.29, 0.717) is 5.92 Å². The molecule has 0 saturated heterocycles. The molecular weight excluding hydrogens is 280 g/mol. The van der Waals surface area contributed by atoms with Gasteiger partial charge in [-0.3, -0.25) is 4.79 Å². The Morgan fingerprint density at radius 2 is 1.86 bits per heavy atom. The van der Waals surface area contributed by atoms with Gasteiger partial charge in [-0.2, -0.15) is 0 Å². The molecule has 2 nitrogen and oxygen atoms in total. The van der Waals surface area contributed by atoms with Gasteiger partial charge < -0.3 is 4.74 Å². The predicted octanol–water partition coefficient (Wildman–Crippen LogP) is 3.93. The molecule has 0 bridgehead atoms. The maximum absolute atomic E-state index is 12.7. The maximum Gasteiger partial charge on any atom is 0.181 e. The van der Waals surface area contributed by atoms with Gasteiger partial charge in [-0.05, 0) is 23.4 Å². The van der Waals surface area contributed by atoms with Crippen molar-refractivity contribution in [3.8, 4) is 0 Å². The number of hydrogen-bond donors (Lipinski definition) is 0. The molecule has 6 radical (unpaired) electrons. The normalized spacial score (nSPS) is 18.0. The first-order chi connectivity index (χ1) is 10.3. The molecule has 0 spiro atoms. The Labute approximate surface area is 129 Å². The second-order valence-electron chi connectivity index (χ2n) is 4.58. The fourth-order valence-electron chi connectivity index (χ4n) is 2.25. The van der Waals surface area contributed by atoms with Crippen molar-refractivity contribution in [2.75, 3.05) is 7.11 Å². The van der Waals surface area contributed by atoms with Gasteiger partial charge in [0, 0.05) is 25.9 Å². The Kier molecular flexibility index (Phi) is 4.51. The minimum Gasteiger partial charge on any atom is -0.375 e. The highest BCUT2D eigenvalue weighted by Gasteiger charge is 2.38. The predicted molar refractivity (Wildman–Crippen MR) is 83.8 cm³/mol. The quantitative estimate of drug-likeness (QED) is 0.799. The van der Waals surface area contributed by atoms with Gasteiger partial charge in [0.25, 0.3) is 0 Å². The summed E-state index contributed by atoms with van der Waals surface area (Å²) in [7, 11) is 1.63. The van der Waals surface area contributed by atoms with Crippen LogP contribution in [0.3, 0.4) is 0 Å². The lowest BCUT2D eigenvalue weighted by Crippen LogP contribution is -2.29. The van der Waals surface area contributed by atoms with E-state index in [-0.39, 0.29) is 5.78 Å². The van der Waals surface area contributed by atoms with Crippen molar-refractivity contribution in [2.24, 2.45) is 0 Å². The average molecular weight is 294 g/mol. The summed E-state index contributed by atoms with van der Waals surface area (Å²) >= 11 is 1.46. The molecule has 3 rings (SSSR count). The Bertz CT molecular complexity index is 577. The van der Waals surface area contributed by atoms with Crippen LogP contribution in [0.1, 0.15) is 15.2 Å². The maximum atomic E-state index is 12.7. The molecule has 1 fully saturated rings. The second kappa shape index (κ2) is 6.54. The van der Waals surface area contributed by atoms with Crippen molar-refractivity contribution in [2.45, 2.75) is 0 Å². The van der Waals surface area contributed by atoms with Crippen LogP contribution in [-0.2, 0) is 4.74 Å². The Morgan fingerprint density at radius 1 is 1.05 bits per heavy atom. The van der Waals surface area contributed by atoms with Crippen LogP contribution in [0.25, 0.3) is 0 Å². The first kappa shape index (κ1) is 14.5. The minimum absolute atomic E-state index is 0.0477. The molecular formula is C18H14O2S. The molecule has 1 aliphatic carbocycles. The average Bonchev–Trinajstić information content (AvgIpc) is 3.09. The smallest absolute Gasteiger partial charge is 0.181 e. The number of hydrogen-bond acceptors (Lipinski definition) is 3. The number of carbonyl (C=O) groups is 1. The second-order valence-corrected chi connectivity index (χ2v) is 5.53. The lowest BCUT2D eigenvalue weighted by Gasteiger charge is -2.32. The molecule has 104 valence electrons. The van der Waals surface area contributed by atoms with Crippen LogP contribution in [0.4, 0.5) is 0 Å². The molecule has 0 aliphatic heterocycles. The van der Waals surface area contributed by atoms with Gasteiger partial charge in [0.1, 0.15) is 6.10 Å². The van der Waals surface area contributed by atoms with Crippen molar-refractivity contribution in [1.29, 1.82) is 0 Å². The summed E-state index contributed by atoms with van der Waals surface area (Å²) < 4.78 is 5.29. The molecule has 1 saturated carbocycles. The Hall–Kier alpha value is -1.45. The van der Waals surface area contributed by atoms with E-state index in [9.17, 15) is 4.79 Å². The van der Waals surface area contributed by atoms with E-state index in [1.807, 2.05) is 67.1 Å². The number of methoxy groups -OCH3 is 1. The third-order valence-electron chi connectivity index (χ3n) is 3.30. The molecule has 0 amide bonds. The van der Waals surface area contributed by atoms with E-state index in [4.69, 9.17) is 4.74 Å². The Morgan fingerprint density at radius 3 is 2.52 bits per heavy atom. The van der Waals surface area contributed by atoms with Crippen LogP contribution in [0.5, 0.6) is 0 Å². The van der Waals surface area contributed by atoms with Crippen LogP contribution in [0.2, 0.25) is 0 Å². The zero-order chi connectivity index (χ0) is 14.7. The zero-order valence-corrected chi connectivity index (χ0v) is 12.4. The lowest BCUT2D eigenvalue weighted by atomic mass is 9.72. The summed E-state index contributed by atoms with van der Waals surface area (Å²) in [6, 6.07) is 13.6. The summed E-state index contributed by atoms with van der Waals surface area (Å²) in [6.45, 7) is 0. The van der Waals surface area contributed by atoms with Gasteiger partial charge in [0.05, 0.1) is 10.8 Å². The number of carbonyl (C=O) groups excluding carboxylic acids is 1. The molecule has 21 heavy (non-hydrogen) atoms. The topological polar surface area (TPSA) is 26.3 Å². The fourth-order valence-corrected chi connectivity index (χ4v) is 2.92. The van der Waals surface area contributed by atoms with Gasteiger partial charge >= 0.3 is 0 Å². The summed E-state index contributed by atoms with van der Waals surface area (Å²) in [5.74, 6) is 1.64. The van der Waals surface area contributed by atoms with E-state index in [1.54, 1.807) is 7.11 Å². The highest BCUT2D eigenvalue weighted by Crippen LogP contribution is 2.42. The standard InChI is InChI=1S/C18H14O2S/c1-20-14-9-10-15(18(19)17-8-5-11-21-17)16(12-14)13-6-3-2-4-7-13/h2-12H,1H3. The minimum atomic E-state index is 0.0477. The molecule has 3 heteroatoms. The number of thiophene rings is 1. The van der Waals surface area contributed by atoms with Gasteiger partial charge in [-0.25, -0.2) is 0 Å². The molecule has 1 heterocycles. The largest absolute Gasteiger partial charge is 0.375 e. The number of ketones is 1. The molecule has 1 aromatic carbocycles. The van der Waals surface area contributed by atoms with Crippen LogP contribution in [0.15, 0.2) is 47.8 Å². The van der Waals surface area contributed by atoms with E-state index in [1.165, 1.54) is 11.3 Å². The third kappa shape index (κ3) is 3.09. The Balaban J connectivity index is 1.88. The SMILES string of the molecule is CO[C]1[CH][CH][C](C(=O)c2cccs2)[C](c2ccccc2)[CH]1. The van der Waals surface area contributed by atoms with Crippen molar-refractivity contribution < 1.29 is 9.53 Å². The molecule has 0 atom stereocenters. The first-order valence-electron chi connectivity index (χ1n) is 6.61. The van der Waals surface area contributed by atoms with Gasteiger partial charge in [-0.15, -0.1) is 11.3 Å². The molecule has 1 aliphatic rings. The van der Waals surface area contributed by atoms with Crippen LogP contribution < -0.4 is 0 Å². The molecule has 0 unspecified atom stereocenters. The monoisotopic (exact) mass is 294 g/mol. The summed E-state index contributed by atoms with van der Waals surface area (Å²) in [5, 5.41) is 1.92. The van der Waals surface area contributed by atoms with Gasteiger partial charge in [0.15, 0.2) is 5.78 Å². The first-order valence-corrected chi connectivity index (χ1v) is 7.49. The van der Waals surface area contributed by atoms with E-state index in [0.717, 1.165) is 22.5 Å². The number of Topliss-reactive ketones (excluding diaryl/α,β-unsaturated/α-hetero) is 1. The number of rotatable bonds is 4. The van der Waals surface area contributed by atoms with E-state index < -0.39 is 0 Å². The summed E-state index contributed by atoms with van der Waals surface area (Å²) in [6.07, 6.45) is 6.32. The van der Waals surface area contributed by atoms with Gasteiger partial charge in [0.2, 0.25) is 0 Å². The van der Waals surface area contributed by atoms with Crippen LogP contribution in [-0.4, -0.2) is 12.9 Å². The zero-order valence-electron chi connectivity index (χ0n) is 11.6. The van der Waals surface area contributed by atoms with Crippen LogP contribution >= 0.6 is 11.3 Å². The third-order valence-corrected chi connectivity index (χ3v) is 4.17. The summed E-state index contributed by atoms with van der Waals surface area (Å²) in [4.78, 5) is 13.4. The molecule has 2 aromatic rings. The van der Waals surface area contributed by atoms with Gasteiger partial charge in [-0.1, -0.05) is 36.4 Å². The number of ether oxygens (including phenoxy) is 1. The molecule has 0 N–H and O–H groups in total. The summed E-state index contributed by atoms with van der Waals surface area (Å²) in [5.41, 5.74) is 1.01. The fraction of sp³-hybridized carbons (Fsp3) is 0.0556. The van der Waals surface area contributed by atoms with Crippen molar-refractivity contribution in [1.82, 2.24) is 0 Å². The van der Waals surface area contributed by atoms with E-state index >= 15 is 0 Å². The number of benzene rings is 1. The highest BCUT2D eigenvalue weighted by molar-refractivity contribution is 7.12. The highest BCUT2D eigenvalue weighted by atomic mass is 32.1. The van der Waals surface area contributed by atoms with Crippen molar-refractivity contribution in [3.63, 3.8) is 0 Å². The van der Waals surface area contributed by atoms with Crippen molar-refractivity contribution >= 4 is 17.1 Å². The lowest BCUT2D eigenvalue weighted by molar-refractivity contribution is 0.101.